The zero-order valence-corrected chi connectivity index (χ0v) is 12.2. The number of hydrogen-bond acceptors (Lipinski definition) is 2. The van der Waals surface area contributed by atoms with Gasteiger partial charge in [0, 0.05) is 6.54 Å². The average molecular weight is 297 g/mol. The molecule has 0 aromatic heterocycles. The quantitative estimate of drug-likeness (QED) is 0.797. The molecule has 4 nitrogen and oxygen atoms in total. The Balaban J connectivity index is 1.76. The van der Waals surface area contributed by atoms with Crippen LogP contribution in [0.2, 0.25) is 5.02 Å². The summed E-state index contributed by atoms with van der Waals surface area (Å²) in [5.41, 5.74) is 0.568. The summed E-state index contributed by atoms with van der Waals surface area (Å²) >= 11 is 5.96. The highest BCUT2D eigenvalue weighted by molar-refractivity contribution is 6.33. The summed E-state index contributed by atoms with van der Waals surface area (Å²) < 4.78 is 0. The molecule has 1 saturated carbocycles. The van der Waals surface area contributed by atoms with Gasteiger partial charge in [-0.25, -0.2) is 4.79 Å². The van der Waals surface area contributed by atoms with E-state index >= 15 is 0 Å². The number of benzene rings is 1. The summed E-state index contributed by atoms with van der Waals surface area (Å²) in [7, 11) is 0. The Hall–Kier alpha value is -1.26. The number of halogens is 1. The van der Waals surface area contributed by atoms with E-state index in [1.165, 1.54) is 19.3 Å². The first kappa shape index (κ1) is 15.1. The molecule has 0 heterocycles. The van der Waals surface area contributed by atoms with Crippen LogP contribution in [0.25, 0.3) is 0 Å². The van der Waals surface area contributed by atoms with Crippen molar-refractivity contribution in [1.29, 1.82) is 0 Å². The van der Waals surface area contributed by atoms with Crippen molar-refractivity contribution in [1.82, 2.24) is 5.32 Å². The smallest absolute Gasteiger partial charge is 0.319 e. The number of hydrogen-bond donors (Lipinski definition) is 3. The monoisotopic (exact) mass is 296 g/mol. The van der Waals surface area contributed by atoms with Crippen LogP contribution in [-0.4, -0.2) is 23.8 Å². The molecule has 1 aliphatic carbocycles. The predicted octanol–water partition coefficient (Wildman–Crippen LogP) is 3.40. The Labute approximate surface area is 124 Å². The van der Waals surface area contributed by atoms with Crippen molar-refractivity contribution in [3.63, 3.8) is 0 Å². The largest absolute Gasteiger partial charge is 0.391 e. The van der Waals surface area contributed by atoms with Crippen molar-refractivity contribution in [3.05, 3.63) is 29.3 Å². The number of carbonyl (C=O) groups is 1. The Morgan fingerprint density at radius 2 is 2.00 bits per heavy atom. The minimum absolute atomic E-state index is 0.279. The topological polar surface area (TPSA) is 61.4 Å². The van der Waals surface area contributed by atoms with Gasteiger partial charge >= 0.3 is 6.03 Å². The van der Waals surface area contributed by atoms with E-state index in [1.54, 1.807) is 24.3 Å². The summed E-state index contributed by atoms with van der Waals surface area (Å²) in [4.78, 5) is 11.8. The first-order valence-electron chi connectivity index (χ1n) is 7.14. The molecule has 0 unspecified atom stereocenters. The molecule has 110 valence electrons. The van der Waals surface area contributed by atoms with E-state index < -0.39 is 6.10 Å². The molecule has 1 aromatic carbocycles. The Bertz CT molecular complexity index is 447. The maximum absolute atomic E-state index is 11.8. The molecule has 0 spiro atoms. The summed E-state index contributed by atoms with van der Waals surface area (Å²) in [6.07, 6.45) is 5.24. The van der Waals surface area contributed by atoms with E-state index in [4.69, 9.17) is 11.6 Å². The van der Waals surface area contributed by atoms with Gasteiger partial charge in [0.2, 0.25) is 0 Å². The highest BCUT2D eigenvalue weighted by Gasteiger charge is 2.21. The van der Waals surface area contributed by atoms with Crippen LogP contribution >= 0.6 is 11.6 Å². The third-order valence-corrected chi connectivity index (χ3v) is 4.12. The number of anilines is 1. The number of para-hydroxylation sites is 1. The summed E-state index contributed by atoms with van der Waals surface area (Å²) in [6, 6.07) is 6.72. The maximum atomic E-state index is 11.8. The number of aliphatic hydroxyl groups excluding tert-OH is 1. The Morgan fingerprint density at radius 1 is 1.30 bits per heavy atom. The highest BCUT2D eigenvalue weighted by Crippen LogP contribution is 2.26. The van der Waals surface area contributed by atoms with Crippen LogP contribution in [-0.2, 0) is 0 Å². The molecule has 0 saturated heterocycles. The lowest BCUT2D eigenvalue weighted by Crippen LogP contribution is -2.39. The first-order chi connectivity index (χ1) is 9.66. The molecule has 0 radical (unpaired) electrons. The van der Waals surface area contributed by atoms with Gasteiger partial charge in [-0.15, -0.1) is 0 Å². The van der Waals surface area contributed by atoms with Gasteiger partial charge < -0.3 is 15.7 Å². The zero-order chi connectivity index (χ0) is 14.4. The maximum Gasteiger partial charge on any atom is 0.319 e. The molecule has 5 heteroatoms. The molecule has 0 aliphatic heterocycles. The summed E-state index contributed by atoms with van der Waals surface area (Å²) in [5.74, 6) is 0.310. The van der Waals surface area contributed by atoms with Crippen LogP contribution in [0.1, 0.15) is 32.1 Å². The van der Waals surface area contributed by atoms with Gasteiger partial charge in [-0.3, -0.25) is 0 Å². The SMILES string of the molecule is O=C(NC[C@@H](O)C1CCCCC1)Nc1ccccc1Cl. The van der Waals surface area contributed by atoms with Crippen molar-refractivity contribution in [2.24, 2.45) is 5.92 Å². The van der Waals surface area contributed by atoms with E-state index in [0.29, 0.717) is 16.6 Å². The molecular weight excluding hydrogens is 276 g/mol. The van der Waals surface area contributed by atoms with Crippen LogP contribution in [0.5, 0.6) is 0 Å². The number of amides is 2. The fourth-order valence-corrected chi connectivity index (χ4v) is 2.79. The second-order valence-electron chi connectivity index (χ2n) is 5.28. The van der Waals surface area contributed by atoms with Gasteiger partial charge in [-0.05, 0) is 30.9 Å². The minimum atomic E-state index is -0.465. The predicted molar refractivity (Wildman–Crippen MR) is 81.1 cm³/mol. The molecule has 2 rings (SSSR count). The molecule has 1 atom stereocenters. The fraction of sp³-hybridized carbons (Fsp3) is 0.533. The van der Waals surface area contributed by atoms with Crippen molar-refractivity contribution in [3.8, 4) is 0 Å². The van der Waals surface area contributed by atoms with Crippen LogP contribution in [0.4, 0.5) is 10.5 Å². The van der Waals surface area contributed by atoms with Gasteiger partial charge in [-0.2, -0.15) is 0 Å². The first-order valence-corrected chi connectivity index (χ1v) is 7.52. The van der Waals surface area contributed by atoms with Gasteiger partial charge in [-0.1, -0.05) is 43.0 Å². The number of urea groups is 1. The van der Waals surface area contributed by atoms with Crippen molar-refractivity contribution in [2.75, 3.05) is 11.9 Å². The summed E-state index contributed by atoms with van der Waals surface area (Å²) in [6.45, 7) is 0.279. The number of rotatable bonds is 4. The Morgan fingerprint density at radius 3 is 2.70 bits per heavy atom. The average Bonchev–Trinajstić information content (AvgIpc) is 2.48. The zero-order valence-electron chi connectivity index (χ0n) is 11.4. The Kier molecular flexibility index (Phi) is 5.68. The van der Waals surface area contributed by atoms with Gasteiger partial charge in [0.15, 0.2) is 0 Å². The van der Waals surface area contributed by atoms with E-state index in [-0.39, 0.29) is 12.6 Å². The van der Waals surface area contributed by atoms with Crippen LogP contribution in [0, 0.1) is 5.92 Å². The molecule has 1 aromatic rings. The van der Waals surface area contributed by atoms with E-state index in [0.717, 1.165) is 12.8 Å². The third kappa shape index (κ3) is 4.39. The number of aliphatic hydroxyl groups is 1. The molecule has 1 fully saturated rings. The standard InChI is InChI=1S/C15H21ClN2O2/c16-12-8-4-5-9-13(12)18-15(20)17-10-14(19)11-6-2-1-3-7-11/h4-5,8-9,11,14,19H,1-3,6-7,10H2,(H2,17,18,20)/t14-/m1/s1. The van der Waals surface area contributed by atoms with Crippen LogP contribution in [0.3, 0.4) is 0 Å². The lowest BCUT2D eigenvalue weighted by atomic mass is 9.85. The lowest BCUT2D eigenvalue weighted by Gasteiger charge is -2.26. The molecule has 3 N–H and O–H groups in total. The van der Waals surface area contributed by atoms with Crippen molar-refractivity contribution in [2.45, 2.75) is 38.2 Å². The van der Waals surface area contributed by atoms with Crippen LogP contribution in [0.15, 0.2) is 24.3 Å². The molecule has 2 amide bonds. The molecule has 20 heavy (non-hydrogen) atoms. The van der Waals surface area contributed by atoms with Gasteiger partial charge in [0.1, 0.15) is 0 Å². The highest BCUT2D eigenvalue weighted by atomic mass is 35.5. The van der Waals surface area contributed by atoms with E-state index in [1.807, 2.05) is 0 Å². The molecular formula is C15H21ClN2O2. The van der Waals surface area contributed by atoms with Crippen molar-refractivity contribution >= 4 is 23.3 Å². The molecule has 0 bridgehead atoms. The van der Waals surface area contributed by atoms with Gasteiger partial charge in [0.25, 0.3) is 0 Å². The molecule has 1 aliphatic rings. The van der Waals surface area contributed by atoms with Crippen LogP contribution < -0.4 is 10.6 Å². The lowest BCUT2D eigenvalue weighted by molar-refractivity contribution is 0.0863. The summed E-state index contributed by atoms with van der Waals surface area (Å²) in [5, 5.41) is 15.9. The fourth-order valence-electron chi connectivity index (χ4n) is 2.61. The van der Waals surface area contributed by atoms with Crippen molar-refractivity contribution < 1.29 is 9.90 Å². The van der Waals surface area contributed by atoms with E-state index in [9.17, 15) is 9.90 Å². The normalized spacial score (nSPS) is 17.5. The minimum Gasteiger partial charge on any atom is -0.391 e. The second-order valence-corrected chi connectivity index (χ2v) is 5.69. The van der Waals surface area contributed by atoms with E-state index in [2.05, 4.69) is 10.6 Å². The third-order valence-electron chi connectivity index (χ3n) is 3.79. The number of carbonyl (C=O) groups excluding carboxylic acids is 1. The van der Waals surface area contributed by atoms with Gasteiger partial charge in [0.05, 0.1) is 16.8 Å². The number of nitrogens with one attached hydrogen (secondary N) is 2. The second kappa shape index (κ2) is 7.50.